The highest BCUT2D eigenvalue weighted by Gasteiger charge is 2.34. The summed E-state index contributed by atoms with van der Waals surface area (Å²) in [4.78, 5) is 3.59. The number of pyridine rings is 1. The second kappa shape index (κ2) is 4.70. The summed E-state index contributed by atoms with van der Waals surface area (Å²) >= 11 is 0. The van der Waals surface area contributed by atoms with Crippen LogP contribution in [0.3, 0.4) is 0 Å². The van der Waals surface area contributed by atoms with E-state index in [4.69, 9.17) is 5.73 Å². The topological polar surface area (TPSA) is 50.9 Å². The molecule has 0 radical (unpaired) electrons. The van der Waals surface area contributed by atoms with E-state index in [9.17, 15) is 13.2 Å². The minimum atomic E-state index is -4.42. The standard InChI is InChI=1S/C10H12F3N3.ClH/c1-5-4-6(14)9-7(15-5)2-3-8(16-9)10(11,12)13;/h2-3,5-6,15H,4,14H2,1H3;1H. The summed E-state index contributed by atoms with van der Waals surface area (Å²) in [6, 6.07) is 2.08. The first-order chi connectivity index (χ1) is 7.38. The van der Waals surface area contributed by atoms with Gasteiger partial charge in [0.05, 0.1) is 17.4 Å². The summed E-state index contributed by atoms with van der Waals surface area (Å²) in [6.07, 6.45) is -3.83. The van der Waals surface area contributed by atoms with Gasteiger partial charge in [-0.3, -0.25) is 0 Å². The fraction of sp³-hybridized carbons (Fsp3) is 0.500. The Labute approximate surface area is 103 Å². The third-order valence-electron chi connectivity index (χ3n) is 2.58. The largest absolute Gasteiger partial charge is 0.433 e. The van der Waals surface area contributed by atoms with Gasteiger partial charge in [-0.2, -0.15) is 13.2 Å². The molecular formula is C10H13ClF3N3. The van der Waals surface area contributed by atoms with E-state index in [0.29, 0.717) is 17.8 Å². The monoisotopic (exact) mass is 267 g/mol. The molecule has 2 unspecified atom stereocenters. The van der Waals surface area contributed by atoms with Crippen LogP contribution in [0.4, 0.5) is 18.9 Å². The molecule has 0 aliphatic carbocycles. The number of nitrogens with zero attached hydrogens (tertiary/aromatic N) is 1. The van der Waals surface area contributed by atoms with Gasteiger partial charge in [-0.15, -0.1) is 12.4 Å². The van der Waals surface area contributed by atoms with Gasteiger partial charge >= 0.3 is 6.18 Å². The maximum absolute atomic E-state index is 12.4. The molecule has 0 saturated heterocycles. The summed E-state index contributed by atoms with van der Waals surface area (Å²) in [6.45, 7) is 1.93. The van der Waals surface area contributed by atoms with Crippen molar-refractivity contribution in [2.45, 2.75) is 31.6 Å². The lowest BCUT2D eigenvalue weighted by Gasteiger charge is -2.28. The summed E-state index contributed by atoms with van der Waals surface area (Å²) in [7, 11) is 0. The van der Waals surface area contributed by atoms with Gasteiger partial charge in [-0.25, -0.2) is 4.98 Å². The maximum atomic E-state index is 12.4. The van der Waals surface area contributed by atoms with Crippen molar-refractivity contribution in [3.63, 3.8) is 0 Å². The minimum absolute atomic E-state index is 0. The first kappa shape index (κ1) is 14.1. The lowest BCUT2D eigenvalue weighted by molar-refractivity contribution is -0.141. The number of nitrogens with two attached hydrogens (primary N) is 1. The van der Waals surface area contributed by atoms with Crippen molar-refractivity contribution < 1.29 is 13.2 Å². The highest BCUT2D eigenvalue weighted by molar-refractivity contribution is 5.85. The normalized spacial score (nSPS) is 23.4. The highest BCUT2D eigenvalue weighted by Crippen LogP contribution is 2.34. The predicted molar refractivity (Wildman–Crippen MR) is 61.1 cm³/mol. The molecule has 17 heavy (non-hydrogen) atoms. The Bertz CT molecular complexity index is 408. The Hall–Kier alpha value is -1.01. The molecule has 1 aromatic heterocycles. The first-order valence-corrected chi connectivity index (χ1v) is 4.98. The second-order valence-electron chi connectivity index (χ2n) is 4.01. The molecule has 2 heterocycles. The number of rotatable bonds is 0. The summed E-state index contributed by atoms with van der Waals surface area (Å²) < 4.78 is 37.3. The van der Waals surface area contributed by atoms with Crippen molar-refractivity contribution in [3.05, 3.63) is 23.5 Å². The van der Waals surface area contributed by atoms with E-state index >= 15 is 0 Å². The fourth-order valence-electron chi connectivity index (χ4n) is 1.85. The van der Waals surface area contributed by atoms with Gasteiger partial charge in [-0.05, 0) is 25.5 Å². The van der Waals surface area contributed by atoms with Crippen LogP contribution in [-0.2, 0) is 6.18 Å². The molecule has 3 N–H and O–H groups in total. The van der Waals surface area contributed by atoms with Crippen molar-refractivity contribution in [1.82, 2.24) is 4.98 Å². The average Bonchev–Trinajstić information content (AvgIpc) is 2.15. The lowest BCUT2D eigenvalue weighted by Crippen LogP contribution is -2.31. The van der Waals surface area contributed by atoms with Crippen LogP contribution < -0.4 is 11.1 Å². The highest BCUT2D eigenvalue weighted by atomic mass is 35.5. The Morgan fingerprint density at radius 2 is 2.06 bits per heavy atom. The van der Waals surface area contributed by atoms with E-state index in [0.717, 1.165) is 6.07 Å². The molecule has 0 fully saturated rings. The first-order valence-electron chi connectivity index (χ1n) is 4.98. The lowest BCUT2D eigenvalue weighted by atomic mass is 9.99. The van der Waals surface area contributed by atoms with Crippen molar-refractivity contribution in [3.8, 4) is 0 Å². The van der Waals surface area contributed by atoms with Crippen LogP contribution in [0.25, 0.3) is 0 Å². The van der Waals surface area contributed by atoms with Crippen LogP contribution in [0, 0.1) is 0 Å². The zero-order valence-electron chi connectivity index (χ0n) is 9.08. The third-order valence-corrected chi connectivity index (χ3v) is 2.58. The van der Waals surface area contributed by atoms with Crippen LogP contribution in [0.2, 0.25) is 0 Å². The van der Waals surface area contributed by atoms with Crippen LogP contribution in [0.1, 0.15) is 30.8 Å². The van der Waals surface area contributed by atoms with E-state index in [-0.39, 0.29) is 18.4 Å². The summed E-state index contributed by atoms with van der Waals surface area (Å²) in [5, 5.41) is 3.06. The van der Waals surface area contributed by atoms with Crippen LogP contribution in [0.15, 0.2) is 12.1 Å². The maximum Gasteiger partial charge on any atom is 0.433 e. The zero-order chi connectivity index (χ0) is 11.9. The number of alkyl halides is 3. The summed E-state index contributed by atoms with van der Waals surface area (Å²) in [5.41, 5.74) is 5.78. The molecule has 1 aliphatic heterocycles. The van der Waals surface area contributed by atoms with E-state index in [2.05, 4.69) is 10.3 Å². The SMILES string of the molecule is CC1CC(N)c2nc(C(F)(F)F)ccc2N1.Cl. The molecule has 0 aromatic carbocycles. The number of hydrogen-bond donors (Lipinski definition) is 2. The molecule has 0 spiro atoms. The number of fused-ring (bicyclic) bond motifs is 1. The fourth-order valence-corrected chi connectivity index (χ4v) is 1.85. The van der Waals surface area contributed by atoms with E-state index < -0.39 is 17.9 Å². The molecule has 2 atom stereocenters. The Balaban J connectivity index is 0.00000144. The Morgan fingerprint density at radius 1 is 1.41 bits per heavy atom. The van der Waals surface area contributed by atoms with E-state index in [1.165, 1.54) is 6.07 Å². The Kier molecular flexibility index (Phi) is 3.88. The molecule has 0 bridgehead atoms. The number of hydrogen-bond acceptors (Lipinski definition) is 3. The van der Waals surface area contributed by atoms with E-state index in [1.807, 2.05) is 6.92 Å². The van der Waals surface area contributed by atoms with Gasteiger partial charge in [0.2, 0.25) is 0 Å². The predicted octanol–water partition coefficient (Wildman–Crippen LogP) is 2.73. The number of halogens is 4. The van der Waals surface area contributed by atoms with Gasteiger partial charge in [0, 0.05) is 6.04 Å². The molecule has 1 aromatic rings. The van der Waals surface area contributed by atoms with Crippen molar-refractivity contribution in [1.29, 1.82) is 0 Å². The van der Waals surface area contributed by atoms with Crippen LogP contribution >= 0.6 is 12.4 Å². The van der Waals surface area contributed by atoms with Crippen molar-refractivity contribution in [2.24, 2.45) is 5.73 Å². The van der Waals surface area contributed by atoms with Gasteiger partial charge in [0.15, 0.2) is 0 Å². The van der Waals surface area contributed by atoms with Crippen molar-refractivity contribution >= 4 is 18.1 Å². The molecule has 1 aliphatic rings. The molecule has 96 valence electrons. The molecule has 2 rings (SSSR count). The van der Waals surface area contributed by atoms with Gasteiger partial charge < -0.3 is 11.1 Å². The number of nitrogens with one attached hydrogen (secondary N) is 1. The third kappa shape index (κ3) is 2.81. The second-order valence-corrected chi connectivity index (χ2v) is 4.01. The molecular weight excluding hydrogens is 255 g/mol. The molecule has 0 saturated carbocycles. The van der Waals surface area contributed by atoms with Gasteiger partial charge in [-0.1, -0.05) is 0 Å². The van der Waals surface area contributed by atoms with Crippen LogP contribution in [-0.4, -0.2) is 11.0 Å². The molecule has 7 heteroatoms. The Morgan fingerprint density at radius 3 is 2.65 bits per heavy atom. The van der Waals surface area contributed by atoms with Crippen molar-refractivity contribution in [2.75, 3.05) is 5.32 Å². The van der Waals surface area contributed by atoms with E-state index in [1.54, 1.807) is 0 Å². The molecule has 3 nitrogen and oxygen atoms in total. The van der Waals surface area contributed by atoms with Gasteiger partial charge in [0.1, 0.15) is 5.69 Å². The quantitative estimate of drug-likeness (QED) is 0.760. The van der Waals surface area contributed by atoms with Gasteiger partial charge in [0.25, 0.3) is 0 Å². The smallest absolute Gasteiger partial charge is 0.381 e. The summed E-state index contributed by atoms with van der Waals surface area (Å²) in [5.74, 6) is 0. The molecule has 0 amide bonds. The van der Waals surface area contributed by atoms with Crippen LogP contribution in [0.5, 0.6) is 0 Å². The number of aromatic nitrogens is 1. The number of anilines is 1. The zero-order valence-corrected chi connectivity index (χ0v) is 9.90. The minimum Gasteiger partial charge on any atom is -0.381 e. The average molecular weight is 268 g/mol.